The molecule has 0 unspecified atom stereocenters. The van der Waals surface area contributed by atoms with Crippen LogP contribution in [0.15, 0.2) is 60.9 Å². The molecule has 0 N–H and O–H groups in total. The van der Waals surface area contributed by atoms with Gasteiger partial charge in [0, 0.05) is 42.5 Å². The third-order valence-electron chi connectivity index (χ3n) is 5.06. The Labute approximate surface area is 172 Å². The van der Waals surface area contributed by atoms with Gasteiger partial charge in [0.1, 0.15) is 22.2 Å². The van der Waals surface area contributed by atoms with E-state index in [0.717, 1.165) is 58.5 Å². The zero-order valence-corrected chi connectivity index (χ0v) is 16.7. The topological polar surface area (TPSA) is 45.2 Å². The quantitative estimate of drug-likeness (QED) is 0.491. The van der Waals surface area contributed by atoms with Crippen molar-refractivity contribution in [3.63, 3.8) is 0 Å². The predicted molar refractivity (Wildman–Crippen MR) is 117 cm³/mol. The highest BCUT2D eigenvalue weighted by molar-refractivity contribution is 7.14. The van der Waals surface area contributed by atoms with Gasteiger partial charge in [-0.3, -0.25) is 0 Å². The van der Waals surface area contributed by atoms with E-state index >= 15 is 0 Å². The van der Waals surface area contributed by atoms with E-state index in [1.54, 1.807) is 6.33 Å². The third kappa shape index (κ3) is 3.19. The number of anilines is 2. The Bertz CT molecular complexity index is 1090. The van der Waals surface area contributed by atoms with E-state index in [9.17, 15) is 0 Å². The Morgan fingerprint density at radius 3 is 2.29 bits per heavy atom. The maximum absolute atomic E-state index is 6.02. The number of rotatable bonds is 3. The van der Waals surface area contributed by atoms with Gasteiger partial charge >= 0.3 is 0 Å². The lowest BCUT2D eigenvalue weighted by atomic mass is 10.1. The van der Waals surface area contributed by atoms with Crippen LogP contribution >= 0.6 is 23.1 Å². The number of hydrogen-bond acceptors (Lipinski definition) is 6. The van der Waals surface area contributed by atoms with Gasteiger partial charge in [0.15, 0.2) is 5.82 Å². The number of para-hydroxylation sites is 1. The van der Waals surface area contributed by atoms with Crippen LogP contribution in [0.2, 0.25) is 5.02 Å². The monoisotopic (exact) mass is 407 g/mol. The standard InChI is InChI=1S/C21H18ClN5S/c22-16-8-6-15(7-9-16)18-19-20(28-25-18)21(24-14-23-19)27-12-10-26(11-13-27)17-4-2-1-3-5-17/h1-9,14H,10-13H2. The first-order chi connectivity index (χ1) is 13.8. The fourth-order valence-corrected chi connectivity index (χ4v) is 4.59. The van der Waals surface area contributed by atoms with Crippen molar-refractivity contribution in [1.29, 1.82) is 0 Å². The second-order valence-corrected chi connectivity index (χ2v) is 7.93. The van der Waals surface area contributed by atoms with Gasteiger partial charge in [0.25, 0.3) is 0 Å². The van der Waals surface area contributed by atoms with Gasteiger partial charge in [-0.15, -0.1) is 0 Å². The molecule has 0 amide bonds. The Hall–Kier alpha value is -2.70. The molecule has 7 heteroatoms. The van der Waals surface area contributed by atoms with Crippen molar-refractivity contribution < 1.29 is 0 Å². The Kier molecular flexibility index (Phi) is 4.58. The summed E-state index contributed by atoms with van der Waals surface area (Å²) >= 11 is 7.49. The molecule has 1 fully saturated rings. The largest absolute Gasteiger partial charge is 0.368 e. The first-order valence-corrected chi connectivity index (χ1v) is 10.4. The first kappa shape index (κ1) is 17.4. The van der Waals surface area contributed by atoms with E-state index < -0.39 is 0 Å². The van der Waals surface area contributed by atoms with E-state index in [-0.39, 0.29) is 0 Å². The summed E-state index contributed by atoms with van der Waals surface area (Å²) in [4.78, 5) is 13.9. The number of nitrogens with zero attached hydrogens (tertiary/aromatic N) is 5. The zero-order valence-electron chi connectivity index (χ0n) is 15.1. The van der Waals surface area contributed by atoms with Gasteiger partial charge in [-0.1, -0.05) is 41.9 Å². The van der Waals surface area contributed by atoms with Crippen molar-refractivity contribution in [3.8, 4) is 11.3 Å². The molecule has 4 aromatic rings. The van der Waals surface area contributed by atoms with Crippen molar-refractivity contribution in [2.24, 2.45) is 0 Å². The molecule has 2 aromatic carbocycles. The van der Waals surface area contributed by atoms with Crippen LogP contribution in [-0.2, 0) is 0 Å². The minimum atomic E-state index is 0.717. The minimum Gasteiger partial charge on any atom is -0.368 e. The highest BCUT2D eigenvalue weighted by Crippen LogP contribution is 2.35. The van der Waals surface area contributed by atoms with Crippen LogP contribution in [0, 0.1) is 0 Å². The van der Waals surface area contributed by atoms with E-state index in [1.807, 2.05) is 24.3 Å². The molecule has 3 heterocycles. The molecular weight excluding hydrogens is 390 g/mol. The summed E-state index contributed by atoms with van der Waals surface area (Å²) in [6, 6.07) is 18.3. The molecule has 0 saturated carbocycles. The van der Waals surface area contributed by atoms with Crippen LogP contribution in [0.5, 0.6) is 0 Å². The number of benzene rings is 2. The van der Waals surface area contributed by atoms with E-state index in [1.165, 1.54) is 17.2 Å². The average molecular weight is 408 g/mol. The van der Waals surface area contributed by atoms with Gasteiger partial charge in [-0.05, 0) is 35.8 Å². The number of piperazine rings is 1. The number of fused-ring (bicyclic) bond motifs is 1. The molecular formula is C21H18ClN5S. The molecule has 0 atom stereocenters. The molecule has 5 nitrogen and oxygen atoms in total. The lowest BCUT2D eigenvalue weighted by Gasteiger charge is -2.36. The molecule has 28 heavy (non-hydrogen) atoms. The van der Waals surface area contributed by atoms with Crippen LogP contribution in [0.4, 0.5) is 11.5 Å². The molecule has 0 aliphatic carbocycles. The van der Waals surface area contributed by atoms with Crippen LogP contribution in [0.1, 0.15) is 0 Å². The molecule has 1 saturated heterocycles. The lowest BCUT2D eigenvalue weighted by molar-refractivity contribution is 0.649. The summed E-state index contributed by atoms with van der Waals surface area (Å²) in [7, 11) is 0. The molecule has 1 aliphatic rings. The number of hydrogen-bond donors (Lipinski definition) is 0. The lowest BCUT2D eigenvalue weighted by Crippen LogP contribution is -2.46. The molecule has 140 valence electrons. The third-order valence-corrected chi connectivity index (χ3v) is 6.14. The van der Waals surface area contributed by atoms with Crippen molar-refractivity contribution in [2.45, 2.75) is 0 Å². The summed E-state index contributed by atoms with van der Waals surface area (Å²) in [5.74, 6) is 0.982. The molecule has 1 aliphatic heterocycles. The highest BCUT2D eigenvalue weighted by Gasteiger charge is 2.22. The SMILES string of the molecule is Clc1ccc(-c2nsc3c(N4CCN(c5ccccc5)CC4)ncnc23)cc1. The fourth-order valence-electron chi connectivity index (χ4n) is 3.59. The number of halogens is 1. The van der Waals surface area contributed by atoms with Crippen LogP contribution in [0.3, 0.4) is 0 Å². The van der Waals surface area contributed by atoms with Gasteiger partial charge in [0.05, 0.1) is 0 Å². The van der Waals surface area contributed by atoms with Crippen molar-refractivity contribution in [2.75, 3.05) is 36.0 Å². The van der Waals surface area contributed by atoms with E-state index in [0.29, 0.717) is 0 Å². The van der Waals surface area contributed by atoms with Crippen LogP contribution in [0.25, 0.3) is 21.5 Å². The highest BCUT2D eigenvalue weighted by atomic mass is 35.5. The second-order valence-electron chi connectivity index (χ2n) is 6.72. The van der Waals surface area contributed by atoms with Gasteiger partial charge in [-0.25, -0.2) is 9.97 Å². The minimum absolute atomic E-state index is 0.717. The summed E-state index contributed by atoms with van der Waals surface area (Å²) < 4.78 is 5.71. The summed E-state index contributed by atoms with van der Waals surface area (Å²) in [6.45, 7) is 3.79. The summed E-state index contributed by atoms with van der Waals surface area (Å²) in [5.41, 5.74) is 4.10. The van der Waals surface area contributed by atoms with E-state index in [2.05, 4.69) is 54.5 Å². The zero-order chi connectivity index (χ0) is 18.9. The summed E-state index contributed by atoms with van der Waals surface area (Å²) in [6.07, 6.45) is 1.65. The average Bonchev–Trinajstić information content (AvgIpc) is 3.19. The molecule has 2 aromatic heterocycles. The fraction of sp³-hybridized carbons (Fsp3) is 0.190. The van der Waals surface area contributed by atoms with E-state index in [4.69, 9.17) is 11.6 Å². The van der Waals surface area contributed by atoms with Gasteiger partial charge in [0.2, 0.25) is 0 Å². The summed E-state index contributed by atoms with van der Waals surface area (Å²) in [5, 5.41) is 0.717. The van der Waals surface area contributed by atoms with Gasteiger partial charge in [-0.2, -0.15) is 4.37 Å². The maximum atomic E-state index is 6.02. The molecule has 0 radical (unpaired) electrons. The van der Waals surface area contributed by atoms with Crippen LogP contribution in [-0.4, -0.2) is 40.5 Å². The van der Waals surface area contributed by atoms with Gasteiger partial charge < -0.3 is 9.80 Å². The molecule has 5 rings (SSSR count). The molecule has 0 spiro atoms. The van der Waals surface area contributed by atoms with Crippen molar-refractivity contribution in [3.05, 3.63) is 65.9 Å². The first-order valence-electron chi connectivity index (χ1n) is 9.21. The Balaban J connectivity index is 1.42. The normalized spacial score (nSPS) is 14.6. The Morgan fingerprint density at radius 2 is 1.54 bits per heavy atom. The predicted octanol–water partition coefficient (Wildman–Crippen LogP) is 4.73. The van der Waals surface area contributed by atoms with Crippen molar-refractivity contribution >= 4 is 44.9 Å². The second kappa shape index (κ2) is 7.37. The number of aromatic nitrogens is 3. The smallest absolute Gasteiger partial charge is 0.151 e. The maximum Gasteiger partial charge on any atom is 0.151 e. The van der Waals surface area contributed by atoms with Crippen molar-refractivity contribution in [1.82, 2.24) is 14.3 Å². The van der Waals surface area contributed by atoms with Crippen LogP contribution < -0.4 is 9.80 Å². The molecule has 0 bridgehead atoms. The Morgan fingerprint density at radius 1 is 0.821 bits per heavy atom.